The van der Waals surface area contributed by atoms with Crippen molar-refractivity contribution in [1.82, 2.24) is 20.7 Å². The van der Waals surface area contributed by atoms with E-state index in [1.54, 1.807) is 0 Å². The molecule has 172 valence electrons. The molecule has 0 unspecified atom stereocenters. The van der Waals surface area contributed by atoms with Crippen LogP contribution in [0.3, 0.4) is 0 Å². The molecule has 8 heteroatoms. The monoisotopic (exact) mass is 455 g/mol. The molecular weight excluding hydrogens is 422 g/mol. The van der Waals surface area contributed by atoms with Crippen LogP contribution in [-0.4, -0.2) is 47.3 Å². The molecule has 2 amide bonds. The number of nitrogens with two attached hydrogens (primary N) is 1. The SMILES string of the molecule is NC(=O)N(Cc1ccccc1)NC(=S)NCCCOc1cccc(CN2CCCCC2)c1. The number of hydrazine groups is 1. The van der Waals surface area contributed by atoms with Gasteiger partial charge in [-0.05, 0) is 67.8 Å². The predicted molar refractivity (Wildman–Crippen MR) is 131 cm³/mol. The second-order valence-electron chi connectivity index (χ2n) is 7.96. The van der Waals surface area contributed by atoms with Gasteiger partial charge in [0.25, 0.3) is 0 Å². The number of benzene rings is 2. The Bertz CT molecular complexity index is 858. The normalized spacial score (nSPS) is 13.9. The Morgan fingerprint density at radius 3 is 2.56 bits per heavy atom. The first-order valence-corrected chi connectivity index (χ1v) is 11.6. The van der Waals surface area contributed by atoms with E-state index < -0.39 is 6.03 Å². The molecule has 4 N–H and O–H groups in total. The highest BCUT2D eigenvalue weighted by Crippen LogP contribution is 2.17. The van der Waals surface area contributed by atoms with Crippen molar-refractivity contribution < 1.29 is 9.53 Å². The van der Waals surface area contributed by atoms with Crippen LogP contribution in [0.1, 0.15) is 36.8 Å². The minimum absolute atomic E-state index is 0.328. The van der Waals surface area contributed by atoms with Crippen LogP contribution in [-0.2, 0) is 13.1 Å². The van der Waals surface area contributed by atoms with Crippen LogP contribution in [0.5, 0.6) is 5.75 Å². The molecule has 0 aromatic heterocycles. The molecule has 0 bridgehead atoms. The van der Waals surface area contributed by atoms with Crippen LogP contribution >= 0.6 is 12.2 Å². The number of rotatable bonds is 9. The van der Waals surface area contributed by atoms with Gasteiger partial charge in [-0.2, -0.15) is 0 Å². The Labute approximate surface area is 195 Å². The minimum Gasteiger partial charge on any atom is -0.494 e. The number of hydrogen-bond acceptors (Lipinski definition) is 4. The van der Waals surface area contributed by atoms with Crippen molar-refractivity contribution in [3.8, 4) is 5.75 Å². The molecule has 3 rings (SSSR count). The highest BCUT2D eigenvalue weighted by atomic mass is 32.1. The van der Waals surface area contributed by atoms with Crippen LogP contribution in [0.15, 0.2) is 54.6 Å². The summed E-state index contributed by atoms with van der Waals surface area (Å²) < 4.78 is 5.91. The van der Waals surface area contributed by atoms with Crippen molar-refractivity contribution in [2.45, 2.75) is 38.8 Å². The second kappa shape index (κ2) is 12.9. The van der Waals surface area contributed by atoms with Gasteiger partial charge in [0.1, 0.15) is 5.75 Å². The Kier molecular flexibility index (Phi) is 9.59. The zero-order valence-corrected chi connectivity index (χ0v) is 19.3. The van der Waals surface area contributed by atoms with Gasteiger partial charge in [0.2, 0.25) is 0 Å². The molecule has 0 radical (unpaired) electrons. The third-order valence-electron chi connectivity index (χ3n) is 5.31. The second-order valence-corrected chi connectivity index (χ2v) is 8.37. The molecule has 0 atom stereocenters. The van der Waals surface area contributed by atoms with E-state index in [-0.39, 0.29) is 0 Å². The van der Waals surface area contributed by atoms with Crippen LogP contribution < -0.4 is 21.2 Å². The number of nitrogens with zero attached hydrogens (tertiary/aromatic N) is 2. The topological polar surface area (TPSA) is 82.9 Å². The Morgan fingerprint density at radius 1 is 1.06 bits per heavy atom. The van der Waals surface area contributed by atoms with E-state index in [0.29, 0.717) is 24.8 Å². The van der Waals surface area contributed by atoms with Crippen LogP contribution in [0.2, 0.25) is 0 Å². The maximum atomic E-state index is 11.7. The summed E-state index contributed by atoms with van der Waals surface area (Å²) in [5, 5.41) is 4.73. The van der Waals surface area contributed by atoms with Gasteiger partial charge < -0.3 is 15.8 Å². The average Bonchev–Trinajstić information content (AvgIpc) is 2.80. The van der Waals surface area contributed by atoms with Crippen LogP contribution in [0.4, 0.5) is 4.79 Å². The predicted octanol–water partition coefficient (Wildman–Crippen LogP) is 3.40. The van der Waals surface area contributed by atoms with Gasteiger partial charge in [-0.1, -0.05) is 48.9 Å². The van der Waals surface area contributed by atoms with E-state index >= 15 is 0 Å². The summed E-state index contributed by atoms with van der Waals surface area (Å²) in [6.07, 6.45) is 4.71. The Morgan fingerprint density at radius 2 is 1.81 bits per heavy atom. The lowest BCUT2D eigenvalue weighted by atomic mass is 10.1. The summed E-state index contributed by atoms with van der Waals surface area (Å²) in [6.45, 7) is 4.88. The summed E-state index contributed by atoms with van der Waals surface area (Å²) in [5.74, 6) is 0.892. The van der Waals surface area contributed by atoms with Crippen LogP contribution in [0, 0.1) is 0 Å². The van der Waals surface area contributed by atoms with Crippen molar-refractivity contribution in [3.05, 3.63) is 65.7 Å². The summed E-state index contributed by atoms with van der Waals surface area (Å²) in [6, 6.07) is 17.3. The molecule has 32 heavy (non-hydrogen) atoms. The lowest BCUT2D eigenvalue weighted by Crippen LogP contribution is -2.51. The number of carbonyl (C=O) groups excluding carboxylic acids is 1. The Hall–Kier alpha value is -2.84. The largest absolute Gasteiger partial charge is 0.494 e. The number of piperidine rings is 1. The molecular formula is C24H33N5O2S. The molecule has 1 fully saturated rings. The summed E-state index contributed by atoms with van der Waals surface area (Å²) in [7, 11) is 0. The smallest absolute Gasteiger partial charge is 0.333 e. The van der Waals surface area contributed by atoms with Gasteiger partial charge in [0.15, 0.2) is 5.11 Å². The van der Waals surface area contributed by atoms with Crippen molar-refractivity contribution in [2.24, 2.45) is 5.73 Å². The van der Waals surface area contributed by atoms with Crippen molar-refractivity contribution in [2.75, 3.05) is 26.2 Å². The number of carbonyl (C=O) groups is 1. The summed E-state index contributed by atoms with van der Waals surface area (Å²) >= 11 is 5.29. The lowest BCUT2D eigenvalue weighted by Gasteiger charge is -2.26. The minimum atomic E-state index is -0.592. The van der Waals surface area contributed by atoms with Crippen molar-refractivity contribution >= 4 is 23.4 Å². The average molecular weight is 456 g/mol. The molecule has 0 aliphatic carbocycles. The fraction of sp³-hybridized carbons (Fsp3) is 0.417. The molecule has 1 saturated heterocycles. The van der Waals surface area contributed by atoms with Gasteiger partial charge in [-0.15, -0.1) is 0 Å². The zero-order valence-electron chi connectivity index (χ0n) is 18.5. The van der Waals surface area contributed by atoms with E-state index in [9.17, 15) is 4.79 Å². The van der Waals surface area contributed by atoms with Crippen molar-refractivity contribution in [1.29, 1.82) is 0 Å². The maximum Gasteiger partial charge on any atom is 0.333 e. The number of amides is 2. The third-order valence-corrected chi connectivity index (χ3v) is 5.55. The highest BCUT2D eigenvalue weighted by Gasteiger charge is 2.12. The first-order valence-electron chi connectivity index (χ1n) is 11.2. The number of thiocarbonyl (C=S) groups is 1. The quantitative estimate of drug-likeness (QED) is 0.305. The van der Waals surface area contributed by atoms with E-state index in [1.165, 1.54) is 42.9 Å². The number of hydrogen-bond donors (Lipinski definition) is 3. The van der Waals surface area contributed by atoms with Gasteiger partial charge in [0, 0.05) is 13.1 Å². The molecule has 1 heterocycles. The third kappa shape index (κ3) is 8.36. The van der Waals surface area contributed by atoms with Gasteiger partial charge >= 0.3 is 6.03 Å². The van der Waals surface area contributed by atoms with E-state index in [1.807, 2.05) is 36.4 Å². The fourth-order valence-electron chi connectivity index (χ4n) is 3.67. The van der Waals surface area contributed by atoms with Gasteiger partial charge in [-0.25, -0.2) is 9.80 Å². The van der Waals surface area contributed by atoms with Gasteiger partial charge in [0.05, 0.1) is 13.2 Å². The van der Waals surface area contributed by atoms with Crippen LogP contribution in [0.25, 0.3) is 0 Å². The standard InChI is InChI=1S/C24H33N5O2S/c25-23(30)29(19-20-9-3-1-4-10-20)27-24(32)26-13-8-16-31-22-12-7-11-21(17-22)18-28-14-5-2-6-15-28/h1,3-4,7,9-12,17H,2,5-6,8,13-16,18-19H2,(H2,25,30)(H2,26,27,32). The number of primary amides is 1. The molecule has 2 aromatic carbocycles. The van der Waals surface area contributed by atoms with Crippen molar-refractivity contribution in [3.63, 3.8) is 0 Å². The summed E-state index contributed by atoms with van der Waals surface area (Å²) in [4.78, 5) is 14.2. The van der Waals surface area contributed by atoms with Gasteiger partial charge in [-0.3, -0.25) is 10.3 Å². The van der Waals surface area contributed by atoms with E-state index in [4.69, 9.17) is 22.7 Å². The number of ether oxygens (including phenoxy) is 1. The molecule has 0 saturated carbocycles. The zero-order chi connectivity index (χ0) is 22.6. The lowest BCUT2D eigenvalue weighted by molar-refractivity contribution is 0.192. The van der Waals surface area contributed by atoms with E-state index in [2.05, 4.69) is 33.8 Å². The van der Waals surface area contributed by atoms with E-state index in [0.717, 1.165) is 24.3 Å². The first kappa shape index (κ1) is 23.8. The maximum absolute atomic E-state index is 11.7. The number of nitrogens with one attached hydrogen (secondary N) is 2. The molecule has 7 nitrogen and oxygen atoms in total. The molecule has 2 aromatic rings. The number of likely N-dealkylation sites (tertiary alicyclic amines) is 1. The number of urea groups is 1. The Balaban J connectivity index is 1.34. The molecule has 0 spiro atoms. The summed E-state index contributed by atoms with van der Waals surface area (Å²) in [5.41, 5.74) is 10.6. The molecule has 1 aliphatic rings. The molecule has 1 aliphatic heterocycles. The highest BCUT2D eigenvalue weighted by molar-refractivity contribution is 7.80. The fourth-order valence-corrected chi connectivity index (χ4v) is 3.89. The first-order chi connectivity index (χ1) is 15.6.